The molecule has 1 aromatic carbocycles. The summed E-state index contributed by atoms with van der Waals surface area (Å²) in [6, 6.07) is 10.9. The van der Waals surface area contributed by atoms with Gasteiger partial charge in [0, 0.05) is 11.8 Å². The Morgan fingerprint density at radius 2 is 2.17 bits per heavy atom. The van der Waals surface area contributed by atoms with Gasteiger partial charge in [-0.15, -0.1) is 0 Å². The maximum Gasteiger partial charge on any atom is 0.155 e. The van der Waals surface area contributed by atoms with Crippen LogP contribution in [0, 0.1) is 0 Å². The highest BCUT2D eigenvalue weighted by Gasteiger charge is 2.03. The van der Waals surface area contributed by atoms with Crippen LogP contribution in [0.15, 0.2) is 36.4 Å². The van der Waals surface area contributed by atoms with E-state index in [1.807, 2.05) is 31.2 Å². The predicted molar refractivity (Wildman–Crippen MR) is 74.6 cm³/mol. The zero-order valence-electron chi connectivity index (χ0n) is 9.98. The maximum absolute atomic E-state index is 5.83. The zero-order valence-corrected chi connectivity index (χ0v) is 10.7. The number of pyridine rings is 1. The minimum Gasteiger partial charge on any atom is -0.494 e. The van der Waals surface area contributed by atoms with Crippen molar-refractivity contribution in [3.05, 3.63) is 41.6 Å². The van der Waals surface area contributed by atoms with Gasteiger partial charge in [-0.25, -0.2) is 4.98 Å². The minimum absolute atomic E-state index is 0.396. The first-order valence-electron chi connectivity index (χ1n) is 5.61. The zero-order chi connectivity index (χ0) is 13.0. The fourth-order valence-electron chi connectivity index (χ4n) is 1.51. The molecule has 0 aliphatic carbocycles. The van der Waals surface area contributed by atoms with Crippen LogP contribution in [-0.4, -0.2) is 11.6 Å². The number of benzene rings is 1. The van der Waals surface area contributed by atoms with Crippen LogP contribution in [0.3, 0.4) is 0 Å². The van der Waals surface area contributed by atoms with Crippen molar-refractivity contribution in [1.82, 2.24) is 4.98 Å². The molecule has 1 aromatic heterocycles. The highest BCUT2D eigenvalue weighted by Crippen LogP contribution is 2.25. The topological polar surface area (TPSA) is 60.2 Å². The van der Waals surface area contributed by atoms with Crippen molar-refractivity contribution >= 4 is 28.8 Å². The van der Waals surface area contributed by atoms with E-state index >= 15 is 0 Å². The number of rotatable bonds is 4. The monoisotopic (exact) mass is 263 g/mol. The van der Waals surface area contributed by atoms with E-state index in [2.05, 4.69) is 10.3 Å². The van der Waals surface area contributed by atoms with Crippen molar-refractivity contribution in [2.75, 3.05) is 17.7 Å². The number of aromatic nitrogens is 1. The number of hydrogen-bond acceptors (Lipinski definition) is 4. The van der Waals surface area contributed by atoms with Gasteiger partial charge >= 0.3 is 0 Å². The average Bonchev–Trinajstić information content (AvgIpc) is 2.35. The molecule has 0 saturated heterocycles. The summed E-state index contributed by atoms with van der Waals surface area (Å²) >= 11 is 5.83. The van der Waals surface area contributed by atoms with Crippen molar-refractivity contribution in [3.63, 3.8) is 0 Å². The predicted octanol–water partition coefficient (Wildman–Crippen LogP) is 3.46. The average molecular weight is 264 g/mol. The van der Waals surface area contributed by atoms with E-state index in [1.54, 1.807) is 12.1 Å². The van der Waals surface area contributed by atoms with E-state index in [-0.39, 0.29) is 0 Å². The van der Waals surface area contributed by atoms with E-state index in [4.69, 9.17) is 22.1 Å². The molecule has 1 heterocycles. The molecule has 2 rings (SSSR count). The largest absolute Gasteiger partial charge is 0.494 e. The van der Waals surface area contributed by atoms with Gasteiger partial charge in [-0.3, -0.25) is 0 Å². The summed E-state index contributed by atoms with van der Waals surface area (Å²) in [5.41, 5.74) is 7.21. The molecule has 0 aliphatic heterocycles. The molecule has 2 aromatic rings. The van der Waals surface area contributed by atoms with Crippen LogP contribution in [0.2, 0.25) is 5.15 Å². The Bertz CT molecular complexity index is 546. The Hall–Kier alpha value is -1.94. The fraction of sp³-hybridized carbons (Fsp3) is 0.154. The summed E-state index contributed by atoms with van der Waals surface area (Å²) in [5.74, 6) is 1.33. The maximum atomic E-state index is 5.83. The molecule has 0 amide bonds. The quantitative estimate of drug-likeness (QED) is 0.830. The molecule has 18 heavy (non-hydrogen) atoms. The van der Waals surface area contributed by atoms with Gasteiger partial charge in [0.2, 0.25) is 0 Å². The van der Waals surface area contributed by atoms with Gasteiger partial charge in [0.1, 0.15) is 10.9 Å². The number of anilines is 3. The summed E-state index contributed by atoms with van der Waals surface area (Å²) in [5, 5.41) is 3.51. The Balaban J connectivity index is 2.22. The summed E-state index contributed by atoms with van der Waals surface area (Å²) in [7, 11) is 0. The van der Waals surface area contributed by atoms with Gasteiger partial charge in [-0.05, 0) is 31.2 Å². The Morgan fingerprint density at radius 3 is 2.94 bits per heavy atom. The number of ether oxygens (including phenoxy) is 1. The van der Waals surface area contributed by atoms with Gasteiger partial charge in [0.15, 0.2) is 5.82 Å². The number of nitrogens with zero attached hydrogens (tertiary/aromatic N) is 1. The minimum atomic E-state index is 0.396. The molecule has 0 radical (unpaired) electrons. The van der Waals surface area contributed by atoms with Gasteiger partial charge in [-0.1, -0.05) is 17.7 Å². The molecule has 4 nitrogen and oxygen atoms in total. The summed E-state index contributed by atoms with van der Waals surface area (Å²) < 4.78 is 5.42. The molecule has 94 valence electrons. The van der Waals surface area contributed by atoms with Crippen molar-refractivity contribution in [2.24, 2.45) is 0 Å². The van der Waals surface area contributed by atoms with Crippen LogP contribution in [0.5, 0.6) is 5.75 Å². The van der Waals surface area contributed by atoms with Crippen molar-refractivity contribution in [1.29, 1.82) is 0 Å². The van der Waals surface area contributed by atoms with Crippen molar-refractivity contribution < 1.29 is 4.74 Å². The molecular formula is C13H14ClN3O. The van der Waals surface area contributed by atoms with E-state index in [9.17, 15) is 0 Å². The second-order valence-corrected chi connectivity index (χ2v) is 4.04. The number of nitrogen functional groups attached to an aromatic ring is 1. The highest BCUT2D eigenvalue weighted by molar-refractivity contribution is 6.29. The molecule has 0 bridgehead atoms. The molecule has 0 spiro atoms. The van der Waals surface area contributed by atoms with Gasteiger partial charge < -0.3 is 15.8 Å². The highest BCUT2D eigenvalue weighted by atomic mass is 35.5. The third kappa shape index (κ3) is 3.05. The number of hydrogen-bond donors (Lipinski definition) is 2. The van der Waals surface area contributed by atoms with Crippen molar-refractivity contribution in [2.45, 2.75) is 6.92 Å². The lowest BCUT2D eigenvalue weighted by atomic mass is 10.3. The third-order valence-electron chi connectivity index (χ3n) is 2.30. The normalized spacial score (nSPS) is 10.1. The van der Waals surface area contributed by atoms with Crippen LogP contribution in [-0.2, 0) is 0 Å². The molecule has 0 unspecified atom stereocenters. The number of nitrogens with one attached hydrogen (secondary N) is 1. The number of nitrogens with two attached hydrogens (primary N) is 1. The second-order valence-electron chi connectivity index (χ2n) is 3.66. The van der Waals surface area contributed by atoms with Crippen LogP contribution < -0.4 is 15.8 Å². The van der Waals surface area contributed by atoms with Gasteiger partial charge in [-0.2, -0.15) is 0 Å². The molecule has 0 saturated carbocycles. The first kappa shape index (κ1) is 12.5. The Morgan fingerprint density at radius 1 is 1.33 bits per heavy atom. The summed E-state index contributed by atoms with van der Waals surface area (Å²) in [6.45, 7) is 2.57. The molecule has 5 heteroatoms. The van der Waals surface area contributed by atoms with Crippen molar-refractivity contribution in [3.8, 4) is 5.75 Å². The lowest BCUT2D eigenvalue weighted by molar-refractivity contribution is 0.340. The van der Waals surface area contributed by atoms with Crippen LogP contribution in [0.25, 0.3) is 0 Å². The van der Waals surface area contributed by atoms with Crippen LogP contribution >= 0.6 is 11.6 Å². The molecule has 0 aliphatic rings. The number of halogens is 1. The van der Waals surface area contributed by atoms with E-state index in [0.29, 0.717) is 23.3 Å². The molecular weight excluding hydrogens is 250 g/mol. The standard InChI is InChI=1S/C13H14ClN3O/c1-2-18-10-5-3-4-9(8-10)16-13-11(15)6-7-12(14)17-13/h3-8H,2,15H2,1H3,(H,16,17). The van der Waals surface area contributed by atoms with Crippen LogP contribution in [0.4, 0.5) is 17.2 Å². The Labute approximate surface area is 111 Å². The molecule has 3 N–H and O–H groups in total. The van der Waals surface area contributed by atoms with E-state index in [1.165, 1.54) is 0 Å². The van der Waals surface area contributed by atoms with E-state index in [0.717, 1.165) is 11.4 Å². The molecule has 0 fully saturated rings. The Kier molecular flexibility index (Phi) is 3.89. The van der Waals surface area contributed by atoms with Gasteiger partial charge in [0.25, 0.3) is 0 Å². The summed E-state index contributed by atoms with van der Waals surface area (Å²) in [6.07, 6.45) is 0. The SMILES string of the molecule is CCOc1cccc(Nc2nc(Cl)ccc2N)c1. The first-order valence-corrected chi connectivity index (χ1v) is 5.98. The van der Waals surface area contributed by atoms with Crippen LogP contribution in [0.1, 0.15) is 6.92 Å². The lowest BCUT2D eigenvalue weighted by Crippen LogP contribution is -1.99. The smallest absolute Gasteiger partial charge is 0.155 e. The molecule has 0 atom stereocenters. The summed E-state index contributed by atoms with van der Waals surface area (Å²) in [4.78, 5) is 4.13. The first-order chi connectivity index (χ1) is 8.69. The second kappa shape index (κ2) is 5.60. The third-order valence-corrected chi connectivity index (χ3v) is 2.51. The fourth-order valence-corrected chi connectivity index (χ4v) is 1.66. The van der Waals surface area contributed by atoms with E-state index < -0.39 is 0 Å². The lowest BCUT2D eigenvalue weighted by Gasteiger charge is -2.10. The van der Waals surface area contributed by atoms with Gasteiger partial charge in [0.05, 0.1) is 12.3 Å².